The molecule has 1 aliphatic carbocycles. The number of anilines is 1. The van der Waals surface area contributed by atoms with Crippen molar-refractivity contribution in [3.63, 3.8) is 0 Å². The van der Waals surface area contributed by atoms with Gasteiger partial charge in [-0.3, -0.25) is 4.72 Å². The molecule has 8 heteroatoms. The number of methoxy groups -OCH3 is 1. The van der Waals surface area contributed by atoms with E-state index in [-0.39, 0.29) is 17.0 Å². The van der Waals surface area contributed by atoms with Gasteiger partial charge in [0.2, 0.25) is 0 Å². The van der Waals surface area contributed by atoms with E-state index in [2.05, 4.69) is 22.9 Å². The summed E-state index contributed by atoms with van der Waals surface area (Å²) < 4.78 is 48.0. The minimum absolute atomic E-state index is 0.0120. The molecule has 1 aliphatic rings. The molecule has 0 aliphatic heterocycles. The lowest BCUT2D eigenvalue weighted by Crippen LogP contribution is -2.16. The fourth-order valence-corrected chi connectivity index (χ4v) is 5.28. The van der Waals surface area contributed by atoms with Crippen molar-refractivity contribution in [1.29, 1.82) is 0 Å². The number of carbonyl (C=O) groups is 1. The number of allylic oxidation sites excluding steroid dienone is 2. The van der Waals surface area contributed by atoms with Crippen molar-refractivity contribution < 1.29 is 27.4 Å². The normalized spacial score (nSPS) is 15.9. The van der Waals surface area contributed by atoms with E-state index in [0.717, 1.165) is 24.8 Å². The number of nitrogens with one attached hydrogen (secondary N) is 1. The van der Waals surface area contributed by atoms with E-state index in [4.69, 9.17) is 9.84 Å². The summed E-state index contributed by atoms with van der Waals surface area (Å²) in [4.78, 5) is 10.6. The van der Waals surface area contributed by atoms with Crippen molar-refractivity contribution in [1.82, 2.24) is 0 Å². The van der Waals surface area contributed by atoms with Gasteiger partial charge in [-0.25, -0.2) is 17.6 Å². The predicted octanol–water partition coefficient (Wildman–Crippen LogP) is 5.68. The van der Waals surface area contributed by atoms with Crippen molar-refractivity contribution in [2.24, 2.45) is 0 Å². The Morgan fingerprint density at radius 3 is 2.47 bits per heavy atom. The highest BCUT2D eigenvalue weighted by Crippen LogP contribution is 2.37. The Morgan fingerprint density at radius 1 is 1.09 bits per heavy atom. The smallest absolute Gasteiger partial charge is 0.335 e. The molecular formula is C26H24FNO5S. The topological polar surface area (TPSA) is 92.7 Å². The van der Waals surface area contributed by atoms with Crippen LogP contribution in [0, 0.1) is 5.82 Å². The van der Waals surface area contributed by atoms with Gasteiger partial charge in [0, 0.05) is 0 Å². The van der Waals surface area contributed by atoms with E-state index in [1.54, 1.807) is 6.07 Å². The zero-order valence-electron chi connectivity index (χ0n) is 18.5. The van der Waals surface area contributed by atoms with Crippen molar-refractivity contribution in [3.05, 3.63) is 95.3 Å². The SMILES string of the molecule is COc1cc(C(=O)O)ccc1NS(=O)(=O)c1ccc(C2=CCC(c3ccccc3)CC2)cc1F. The van der Waals surface area contributed by atoms with Crippen LogP contribution in [0.5, 0.6) is 5.75 Å². The van der Waals surface area contributed by atoms with Gasteiger partial charge in [0.25, 0.3) is 10.0 Å². The lowest BCUT2D eigenvalue weighted by molar-refractivity contribution is 0.0696. The number of benzene rings is 3. The Morgan fingerprint density at radius 2 is 1.85 bits per heavy atom. The fraction of sp³-hybridized carbons (Fsp3) is 0.192. The third-order valence-corrected chi connectivity index (χ3v) is 7.37. The molecule has 0 bridgehead atoms. The number of hydrogen-bond donors (Lipinski definition) is 2. The van der Waals surface area contributed by atoms with Crippen molar-refractivity contribution in [3.8, 4) is 5.75 Å². The Balaban J connectivity index is 1.54. The number of hydrogen-bond acceptors (Lipinski definition) is 4. The molecule has 1 unspecified atom stereocenters. The average Bonchev–Trinajstić information content (AvgIpc) is 2.84. The molecule has 176 valence electrons. The molecule has 0 amide bonds. The van der Waals surface area contributed by atoms with Gasteiger partial charge >= 0.3 is 5.97 Å². The van der Waals surface area contributed by atoms with Crippen LogP contribution < -0.4 is 9.46 Å². The fourth-order valence-electron chi connectivity index (χ4n) is 4.15. The van der Waals surface area contributed by atoms with Crippen LogP contribution in [0.15, 0.2) is 77.7 Å². The number of ether oxygens (including phenoxy) is 1. The number of sulfonamides is 1. The van der Waals surface area contributed by atoms with Crippen molar-refractivity contribution in [2.45, 2.75) is 30.1 Å². The Kier molecular flexibility index (Phi) is 6.70. The van der Waals surface area contributed by atoms with Crippen LogP contribution in [0.4, 0.5) is 10.1 Å². The summed E-state index contributed by atoms with van der Waals surface area (Å²) >= 11 is 0. The molecule has 6 nitrogen and oxygen atoms in total. The molecule has 0 fully saturated rings. The standard InChI is InChI=1S/C26H24FNO5S/c1-33-24-16-21(26(29)30)11-13-23(24)28-34(31,32)25-14-12-20(15-22(25)27)19-9-7-18(8-10-19)17-5-3-2-4-6-17/h2-6,9,11-16,18,28H,7-8,10H2,1H3,(H,29,30). The third-order valence-electron chi connectivity index (χ3n) is 5.97. The highest BCUT2D eigenvalue weighted by Gasteiger charge is 2.23. The van der Waals surface area contributed by atoms with E-state index in [0.29, 0.717) is 11.5 Å². The number of rotatable bonds is 7. The second kappa shape index (κ2) is 9.69. The Labute approximate surface area is 197 Å². The van der Waals surface area contributed by atoms with Gasteiger partial charge in [0.15, 0.2) is 0 Å². The summed E-state index contributed by atoms with van der Waals surface area (Å²) in [6, 6.07) is 18.0. The molecular weight excluding hydrogens is 457 g/mol. The molecule has 0 spiro atoms. The summed E-state index contributed by atoms with van der Waals surface area (Å²) in [5.41, 5.74) is 2.88. The minimum Gasteiger partial charge on any atom is -0.495 e. The number of carboxylic acids is 1. The molecule has 0 saturated carbocycles. The first kappa shape index (κ1) is 23.5. The first-order valence-corrected chi connectivity index (χ1v) is 12.2. The van der Waals surface area contributed by atoms with Gasteiger partial charge in [-0.15, -0.1) is 0 Å². The molecule has 0 aromatic heterocycles. The average molecular weight is 482 g/mol. The third kappa shape index (κ3) is 4.97. The lowest BCUT2D eigenvalue weighted by Gasteiger charge is -2.23. The maximum atomic E-state index is 14.9. The summed E-state index contributed by atoms with van der Waals surface area (Å²) in [7, 11) is -2.99. The van der Waals surface area contributed by atoms with Crippen LogP contribution in [0.1, 0.15) is 46.7 Å². The second-order valence-electron chi connectivity index (χ2n) is 8.08. The van der Waals surface area contributed by atoms with Crippen molar-refractivity contribution in [2.75, 3.05) is 11.8 Å². The number of carboxylic acid groups (broad SMARTS) is 1. The minimum atomic E-state index is -4.27. The molecule has 3 aromatic carbocycles. The molecule has 3 aromatic rings. The maximum absolute atomic E-state index is 14.9. The summed E-state index contributed by atoms with van der Waals surface area (Å²) in [6.45, 7) is 0. The zero-order valence-corrected chi connectivity index (χ0v) is 19.3. The van der Waals surface area contributed by atoms with Gasteiger partial charge in [-0.1, -0.05) is 42.5 Å². The van der Waals surface area contributed by atoms with E-state index < -0.39 is 26.7 Å². The predicted molar refractivity (Wildman–Crippen MR) is 128 cm³/mol. The quantitative estimate of drug-likeness (QED) is 0.453. The van der Waals surface area contributed by atoms with Crippen molar-refractivity contribution >= 4 is 27.3 Å². The Bertz CT molecular complexity index is 1350. The second-order valence-corrected chi connectivity index (χ2v) is 9.73. The van der Waals surface area contributed by atoms with Gasteiger partial charge < -0.3 is 9.84 Å². The van der Waals surface area contributed by atoms with Crippen LogP contribution in [0.2, 0.25) is 0 Å². The molecule has 1 atom stereocenters. The molecule has 0 radical (unpaired) electrons. The van der Waals surface area contributed by atoms with Crippen LogP contribution in [-0.4, -0.2) is 26.6 Å². The summed E-state index contributed by atoms with van der Waals surface area (Å²) in [5.74, 6) is -1.61. The first-order valence-electron chi connectivity index (χ1n) is 10.8. The van der Waals surface area contributed by atoms with Gasteiger partial charge in [-0.05, 0) is 72.2 Å². The maximum Gasteiger partial charge on any atom is 0.335 e. The van der Waals surface area contributed by atoms with Gasteiger partial charge in [0.05, 0.1) is 18.4 Å². The highest BCUT2D eigenvalue weighted by molar-refractivity contribution is 7.92. The first-order chi connectivity index (χ1) is 16.3. The van der Waals surface area contributed by atoms with Crippen LogP contribution in [0.25, 0.3) is 5.57 Å². The van der Waals surface area contributed by atoms with E-state index in [1.807, 2.05) is 18.2 Å². The van der Waals surface area contributed by atoms with Gasteiger partial charge in [0.1, 0.15) is 16.5 Å². The molecule has 34 heavy (non-hydrogen) atoms. The lowest BCUT2D eigenvalue weighted by atomic mass is 9.83. The van der Waals surface area contributed by atoms with E-state index in [1.165, 1.54) is 43.0 Å². The zero-order chi connectivity index (χ0) is 24.3. The van der Waals surface area contributed by atoms with E-state index in [9.17, 15) is 17.6 Å². The molecule has 2 N–H and O–H groups in total. The largest absolute Gasteiger partial charge is 0.495 e. The molecule has 4 rings (SSSR count). The van der Waals surface area contributed by atoms with Crippen LogP contribution in [-0.2, 0) is 10.0 Å². The monoisotopic (exact) mass is 481 g/mol. The van der Waals surface area contributed by atoms with Gasteiger partial charge in [-0.2, -0.15) is 0 Å². The molecule has 0 heterocycles. The highest BCUT2D eigenvalue weighted by atomic mass is 32.2. The summed E-state index contributed by atoms with van der Waals surface area (Å²) in [5, 5.41) is 9.10. The number of aromatic carboxylic acids is 1. The molecule has 0 saturated heterocycles. The summed E-state index contributed by atoms with van der Waals surface area (Å²) in [6.07, 6.45) is 4.65. The Hall–Kier alpha value is -3.65. The van der Waals surface area contributed by atoms with Crippen LogP contribution >= 0.6 is 0 Å². The number of halogens is 1. The van der Waals surface area contributed by atoms with E-state index >= 15 is 0 Å². The van der Waals surface area contributed by atoms with Crippen LogP contribution in [0.3, 0.4) is 0 Å².